The molecule has 18 heavy (non-hydrogen) atoms. The van der Waals surface area contributed by atoms with Crippen LogP contribution >= 0.6 is 0 Å². The van der Waals surface area contributed by atoms with Crippen molar-refractivity contribution in [2.45, 2.75) is 31.9 Å². The fourth-order valence-electron chi connectivity index (χ4n) is 1.78. The van der Waals surface area contributed by atoms with E-state index in [1.807, 2.05) is 0 Å². The number of nitrogens with one attached hydrogen (secondary N) is 2. The van der Waals surface area contributed by atoms with Gasteiger partial charge in [-0.15, -0.1) is 0 Å². The highest BCUT2D eigenvalue weighted by Crippen LogP contribution is 2.14. The number of carboxylic acid groups (broad SMARTS) is 1. The van der Waals surface area contributed by atoms with Gasteiger partial charge in [-0.05, 0) is 25.7 Å². The molecule has 104 valence electrons. The molecule has 7 heteroatoms. The summed E-state index contributed by atoms with van der Waals surface area (Å²) in [5.41, 5.74) is 0. The Bertz CT molecular complexity index is 289. The van der Waals surface area contributed by atoms with Gasteiger partial charge in [0.2, 0.25) is 0 Å². The lowest BCUT2D eigenvalue weighted by Crippen LogP contribution is -2.51. The molecule has 0 aliphatic carbocycles. The van der Waals surface area contributed by atoms with E-state index in [2.05, 4.69) is 10.6 Å². The first kappa shape index (κ1) is 14.7. The monoisotopic (exact) mass is 260 g/mol. The zero-order valence-electron chi connectivity index (χ0n) is 10.4. The van der Waals surface area contributed by atoms with Gasteiger partial charge in [-0.25, -0.2) is 9.59 Å². The van der Waals surface area contributed by atoms with Crippen LogP contribution in [0.5, 0.6) is 0 Å². The molecule has 4 N–H and O–H groups in total. The Balaban J connectivity index is 2.21. The quantitative estimate of drug-likeness (QED) is 0.517. The van der Waals surface area contributed by atoms with Crippen molar-refractivity contribution in [1.29, 1.82) is 0 Å². The fraction of sp³-hybridized carbons (Fsp3) is 0.818. The van der Waals surface area contributed by atoms with Crippen LogP contribution in [-0.4, -0.2) is 54.1 Å². The van der Waals surface area contributed by atoms with Crippen LogP contribution in [0.1, 0.15) is 19.8 Å². The number of carboxylic acids is 1. The molecule has 0 bridgehead atoms. The largest absolute Gasteiger partial charge is 0.480 e. The lowest BCUT2D eigenvalue weighted by molar-refractivity contribution is -0.141. The highest BCUT2D eigenvalue weighted by Gasteiger charge is 2.24. The van der Waals surface area contributed by atoms with Crippen LogP contribution in [0.3, 0.4) is 0 Å². The molecule has 1 aliphatic rings. The minimum Gasteiger partial charge on any atom is -0.480 e. The number of hydrogen-bond donors (Lipinski definition) is 4. The van der Waals surface area contributed by atoms with Crippen molar-refractivity contribution in [3.63, 3.8) is 0 Å². The van der Waals surface area contributed by atoms with E-state index in [0.29, 0.717) is 19.1 Å². The van der Waals surface area contributed by atoms with Crippen LogP contribution in [0, 0.1) is 5.92 Å². The Morgan fingerprint density at radius 3 is 2.72 bits per heavy atom. The summed E-state index contributed by atoms with van der Waals surface area (Å²) in [6.45, 7) is 3.26. The predicted molar refractivity (Wildman–Crippen MR) is 63.2 cm³/mol. The second-order valence-corrected chi connectivity index (χ2v) is 4.48. The highest BCUT2D eigenvalue weighted by molar-refractivity contribution is 5.82. The average Bonchev–Trinajstić information content (AvgIpc) is 2.78. The molecule has 3 unspecified atom stereocenters. The molecular formula is C11H20N2O5. The number of amides is 2. The maximum Gasteiger partial charge on any atom is 0.328 e. The van der Waals surface area contributed by atoms with Crippen molar-refractivity contribution in [1.82, 2.24) is 10.6 Å². The van der Waals surface area contributed by atoms with E-state index >= 15 is 0 Å². The standard InChI is InChI=1S/C11H20N2O5/c1-7(14)9(10(15)16)13-11(17)12-4-2-8-3-5-18-6-8/h7-9,14H,2-6H2,1H3,(H,15,16)(H2,12,13,17). The second-order valence-electron chi connectivity index (χ2n) is 4.48. The Labute approximate surface area is 106 Å². The maximum atomic E-state index is 11.4. The third-order valence-electron chi connectivity index (χ3n) is 2.90. The van der Waals surface area contributed by atoms with Crippen LogP contribution in [0.15, 0.2) is 0 Å². The molecular weight excluding hydrogens is 240 g/mol. The maximum absolute atomic E-state index is 11.4. The van der Waals surface area contributed by atoms with Gasteiger partial charge in [-0.2, -0.15) is 0 Å². The van der Waals surface area contributed by atoms with E-state index in [0.717, 1.165) is 19.4 Å². The summed E-state index contributed by atoms with van der Waals surface area (Å²) < 4.78 is 5.20. The van der Waals surface area contributed by atoms with Gasteiger partial charge >= 0.3 is 12.0 Å². The molecule has 0 aromatic carbocycles. The number of rotatable bonds is 6. The number of aliphatic hydroxyl groups excluding tert-OH is 1. The van der Waals surface area contributed by atoms with Crippen LogP contribution in [0.2, 0.25) is 0 Å². The second kappa shape index (κ2) is 7.17. The molecule has 1 aliphatic heterocycles. The van der Waals surface area contributed by atoms with Crippen LogP contribution in [0.4, 0.5) is 4.79 Å². The molecule has 1 heterocycles. The molecule has 3 atom stereocenters. The molecule has 0 aromatic heterocycles. The first-order valence-corrected chi connectivity index (χ1v) is 6.03. The van der Waals surface area contributed by atoms with Gasteiger partial charge in [0.15, 0.2) is 6.04 Å². The Hall–Kier alpha value is -1.34. The van der Waals surface area contributed by atoms with E-state index < -0.39 is 24.1 Å². The van der Waals surface area contributed by atoms with Crippen molar-refractivity contribution < 1.29 is 24.5 Å². The van der Waals surface area contributed by atoms with E-state index in [-0.39, 0.29) is 0 Å². The molecule has 1 saturated heterocycles. The number of urea groups is 1. The van der Waals surface area contributed by atoms with Crippen LogP contribution in [-0.2, 0) is 9.53 Å². The van der Waals surface area contributed by atoms with Gasteiger partial charge in [-0.3, -0.25) is 0 Å². The smallest absolute Gasteiger partial charge is 0.328 e. The van der Waals surface area contributed by atoms with Gasteiger partial charge in [0, 0.05) is 19.8 Å². The molecule has 0 saturated carbocycles. The Morgan fingerprint density at radius 1 is 1.50 bits per heavy atom. The molecule has 7 nitrogen and oxygen atoms in total. The van der Waals surface area contributed by atoms with Crippen molar-refractivity contribution in [2.75, 3.05) is 19.8 Å². The van der Waals surface area contributed by atoms with Gasteiger partial charge in [-0.1, -0.05) is 0 Å². The zero-order chi connectivity index (χ0) is 13.5. The van der Waals surface area contributed by atoms with Gasteiger partial charge in [0.25, 0.3) is 0 Å². The molecule has 0 aromatic rings. The van der Waals surface area contributed by atoms with E-state index in [1.165, 1.54) is 6.92 Å². The van der Waals surface area contributed by atoms with Crippen LogP contribution < -0.4 is 10.6 Å². The zero-order valence-corrected chi connectivity index (χ0v) is 10.4. The minimum atomic E-state index is -1.29. The van der Waals surface area contributed by atoms with Crippen molar-refractivity contribution in [2.24, 2.45) is 5.92 Å². The van der Waals surface area contributed by atoms with Gasteiger partial charge < -0.3 is 25.6 Å². The lowest BCUT2D eigenvalue weighted by Gasteiger charge is -2.17. The summed E-state index contributed by atoms with van der Waals surface area (Å²) in [6, 6.07) is -1.87. The van der Waals surface area contributed by atoms with E-state index in [1.54, 1.807) is 0 Å². The summed E-state index contributed by atoms with van der Waals surface area (Å²) in [5, 5.41) is 22.7. The van der Waals surface area contributed by atoms with E-state index in [4.69, 9.17) is 9.84 Å². The predicted octanol–water partition coefficient (Wildman–Crippen LogP) is -0.454. The average molecular weight is 260 g/mol. The molecule has 1 fully saturated rings. The fourth-order valence-corrected chi connectivity index (χ4v) is 1.78. The van der Waals surface area contributed by atoms with Crippen molar-refractivity contribution >= 4 is 12.0 Å². The molecule has 2 amide bonds. The highest BCUT2D eigenvalue weighted by atomic mass is 16.5. The number of carbonyl (C=O) groups excluding carboxylic acids is 1. The number of ether oxygens (including phenoxy) is 1. The van der Waals surface area contributed by atoms with E-state index in [9.17, 15) is 14.7 Å². The number of aliphatic hydroxyl groups is 1. The summed E-state index contributed by atoms with van der Waals surface area (Å²) in [5.74, 6) is -0.804. The Morgan fingerprint density at radius 2 is 2.22 bits per heavy atom. The third-order valence-corrected chi connectivity index (χ3v) is 2.90. The van der Waals surface area contributed by atoms with Gasteiger partial charge in [0.1, 0.15) is 0 Å². The summed E-state index contributed by atoms with van der Waals surface area (Å²) in [7, 11) is 0. The minimum absolute atomic E-state index is 0.456. The van der Waals surface area contributed by atoms with Crippen molar-refractivity contribution in [3.8, 4) is 0 Å². The Kier molecular flexibility index (Phi) is 5.87. The topological polar surface area (TPSA) is 108 Å². The molecule has 0 spiro atoms. The van der Waals surface area contributed by atoms with Gasteiger partial charge in [0.05, 0.1) is 6.10 Å². The summed E-state index contributed by atoms with van der Waals surface area (Å²) in [4.78, 5) is 22.1. The molecule has 0 radical (unpaired) electrons. The summed E-state index contributed by atoms with van der Waals surface area (Å²) >= 11 is 0. The normalized spacial score (nSPS) is 22.2. The first-order chi connectivity index (χ1) is 8.50. The number of carbonyl (C=O) groups is 2. The number of aliphatic carboxylic acids is 1. The third kappa shape index (κ3) is 4.89. The number of hydrogen-bond acceptors (Lipinski definition) is 4. The summed E-state index contributed by atoms with van der Waals surface area (Å²) in [6.07, 6.45) is 0.658. The van der Waals surface area contributed by atoms with Crippen LogP contribution in [0.25, 0.3) is 0 Å². The van der Waals surface area contributed by atoms with Crippen molar-refractivity contribution in [3.05, 3.63) is 0 Å². The SMILES string of the molecule is CC(O)C(NC(=O)NCCC1CCOC1)C(=O)O. The lowest BCUT2D eigenvalue weighted by atomic mass is 10.1. The molecule has 1 rings (SSSR count). The first-order valence-electron chi connectivity index (χ1n) is 6.03.